The first-order valence-corrected chi connectivity index (χ1v) is 10.3. The van der Waals surface area contributed by atoms with Crippen LogP contribution in [-0.4, -0.2) is 14.4 Å². The standard InChI is InChI=1S/C9H7NO.C7H8N2S2.C5H5.C5H.Zr/c11-8-5-1-3-7-4-2-6-10-9(7)8;10-7(11)9-8-6-4-2-1-3-5-6;2*1-2-4-5-3-1;/h1-6,11H;1-5,8H,(H2,9,10,11);1-5H;1H;/q;;-1;-5;/p-1. The predicted molar refractivity (Wildman–Crippen MR) is 136 cm³/mol. The Labute approximate surface area is 224 Å². The van der Waals surface area contributed by atoms with Gasteiger partial charge in [-0.1, -0.05) is 36.4 Å². The molecule has 3 N–H and O–H groups in total. The quantitative estimate of drug-likeness (QED) is 0.120. The zero-order valence-corrected chi connectivity index (χ0v) is 21.6. The fourth-order valence-electron chi connectivity index (χ4n) is 2.23. The Morgan fingerprint density at radius 1 is 0.909 bits per heavy atom. The van der Waals surface area contributed by atoms with Crippen molar-refractivity contribution in [3.63, 3.8) is 0 Å². The first-order chi connectivity index (χ1) is 15.7. The molecule has 4 aromatic carbocycles. The number of anilines is 1. The number of benzene rings is 2. The van der Waals surface area contributed by atoms with Crippen LogP contribution < -0.4 is 10.9 Å². The van der Waals surface area contributed by atoms with Crippen LogP contribution in [0.1, 0.15) is 0 Å². The SMILES string of the molecule is Oc1cccc2cccnc12.S=C([S-])NNc1ccccc1.[Zr].[c-]1[c-][c-][cH-][c-]1.c1cc[cH-]c1. The first kappa shape index (κ1) is 28.2. The van der Waals surface area contributed by atoms with Gasteiger partial charge in [0, 0.05) is 37.8 Å². The van der Waals surface area contributed by atoms with Crippen molar-refractivity contribution in [2.24, 2.45) is 0 Å². The second-order valence-electron chi connectivity index (χ2n) is 5.90. The Morgan fingerprint density at radius 3 is 2.09 bits per heavy atom. The molecule has 1 heterocycles. The second kappa shape index (κ2) is 17.7. The fourth-order valence-corrected chi connectivity index (χ4v) is 2.34. The van der Waals surface area contributed by atoms with Gasteiger partial charge in [-0.15, -0.1) is 0 Å². The van der Waals surface area contributed by atoms with E-state index in [0.29, 0.717) is 9.84 Å². The molecule has 0 atom stereocenters. The van der Waals surface area contributed by atoms with Crippen LogP contribution in [0.15, 0.2) is 103 Å². The number of hydrogen-bond acceptors (Lipinski definition) is 5. The van der Waals surface area contributed by atoms with Crippen molar-refractivity contribution in [1.82, 2.24) is 10.4 Å². The maximum Gasteiger partial charge on any atom is 0.141 e. The van der Waals surface area contributed by atoms with Crippen LogP contribution in [0.2, 0.25) is 0 Å². The number of aromatic hydroxyl groups is 1. The molecule has 0 aliphatic rings. The molecule has 4 nitrogen and oxygen atoms in total. The van der Waals surface area contributed by atoms with Gasteiger partial charge in [0.25, 0.3) is 0 Å². The molecule has 0 aliphatic heterocycles. The summed E-state index contributed by atoms with van der Waals surface area (Å²) in [5.41, 5.74) is 7.11. The molecule has 33 heavy (non-hydrogen) atoms. The van der Waals surface area contributed by atoms with E-state index < -0.39 is 0 Å². The molecule has 0 unspecified atom stereocenters. The summed E-state index contributed by atoms with van der Waals surface area (Å²) in [6, 6.07) is 40.8. The Hall–Kier alpha value is -2.86. The van der Waals surface area contributed by atoms with Crippen molar-refractivity contribution >= 4 is 45.8 Å². The van der Waals surface area contributed by atoms with Gasteiger partial charge in [0.05, 0.1) is 5.69 Å². The third-order valence-electron chi connectivity index (χ3n) is 3.60. The van der Waals surface area contributed by atoms with Crippen molar-refractivity contribution < 1.29 is 31.3 Å². The van der Waals surface area contributed by atoms with E-state index in [1.807, 2.05) is 78.9 Å². The fraction of sp³-hybridized carbons (Fsp3) is 0. The van der Waals surface area contributed by atoms with Crippen LogP contribution in [0.5, 0.6) is 5.75 Å². The van der Waals surface area contributed by atoms with E-state index >= 15 is 0 Å². The van der Waals surface area contributed by atoms with Crippen LogP contribution in [0.25, 0.3) is 10.9 Å². The number of para-hydroxylation sites is 2. The van der Waals surface area contributed by atoms with E-state index in [9.17, 15) is 5.11 Å². The molecule has 5 rings (SSSR count). The van der Waals surface area contributed by atoms with Crippen LogP contribution in [0, 0.1) is 24.3 Å². The smallest absolute Gasteiger partial charge is 0.141 e. The third kappa shape index (κ3) is 12.7. The van der Waals surface area contributed by atoms with Crippen molar-refractivity contribution in [2.45, 2.75) is 0 Å². The molecule has 7 heteroatoms. The van der Waals surface area contributed by atoms with Gasteiger partial charge in [-0.25, -0.2) is 12.1 Å². The van der Waals surface area contributed by atoms with Gasteiger partial charge in [0.1, 0.15) is 11.3 Å². The zero-order valence-electron chi connectivity index (χ0n) is 17.5. The Morgan fingerprint density at radius 2 is 1.58 bits per heavy atom. The molecular formula is C26H20N3OS2Zr-7. The zero-order chi connectivity index (χ0) is 22.9. The molecule has 0 saturated heterocycles. The molecule has 0 bridgehead atoms. The summed E-state index contributed by atoms with van der Waals surface area (Å²) in [4.78, 5) is 4.03. The van der Waals surface area contributed by atoms with Gasteiger partial charge >= 0.3 is 0 Å². The number of nitrogens with zero attached hydrogens (tertiary/aromatic N) is 1. The number of aromatic nitrogens is 1. The van der Waals surface area contributed by atoms with Crippen LogP contribution in [0.3, 0.4) is 0 Å². The van der Waals surface area contributed by atoms with E-state index in [-0.39, 0.29) is 32.0 Å². The average molecular weight is 546 g/mol. The molecule has 0 amide bonds. The molecule has 1 aromatic heterocycles. The van der Waals surface area contributed by atoms with Gasteiger partial charge in [0.15, 0.2) is 0 Å². The number of hydrazine groups is 1. The van der Waals surface area contributed by atoms with Gasteiger partial charge in [0.2, 0.25) is 0 Å². The Balaban J connectivity index is 0.000000231. The first-order valence-electron chi connectivity index (χ1n) is 9.47. The molecule has 0 radical (unpaired) electrons. The third-order valence-corrected chi connectivity index (χ3v) is 3.80. The normalized spacial score (nSPS) is 8.73. The van der Waals surface area contributed by atoms with Gasteiger partial charge in [-0.05, 0) is 28.6 Å². The van der Waals surface area contributed by atoms with Crippen LogP contribution in [-0.2, 0) is 38.8 Å². The predicted octanol–water partition coefficient (Wildman–Crippen LogP) is 5.38. The molecule has 5 aromatic rings. The molecule has 0 fully saturated rings. The molecule has 168 valence electrons. The number of pyridine rings is 1. The number of nitrogens with one attached hydrogen (secondary N) is 2. The van der Waals surface area contributed by atoms with E-state index in [0.717, 1.165) is 11.1 Å². The number of hydrogen-bond donors (Lipinski definition) is 3. The minimum absolute atomic E-state index is 0. The van der Waals surface area contributed by atoms with E-state index in [1.165, 1.54) is 0 Å². The second-order valence-corrected chi connectivity index (χ2v) is 6.98. The molecule has 0 spiro atoms. The van der Waals surface area contributed by atoms with E-state index in [1.54, 1.807) is 24.4 Å². The minimum Gasteiger partial charge on any atom is -0.999 e. The van der Waals surface area contributed by atoms with Crippen LogP contribution in [0.4, 0.5) is 5.69 Å². The van der Waals surface area contributed by atoms with Gasteiger partial charge in [-0.2, -0.15) is 18.2 Å². The Bertz CT molecular complexity index is 1050. The summed E-state index contributed by atoms with van der Waals surface area (Å²) < 4.78 is 0.314. The summed E-state index contributed by atoms with van der Waals surface area (Å²) in [6.07, 6.45) is 1.67. The number of phenolic OH excluding ortho intramolecular Hbond substituents is 1. The topological polar surface area (TPSA) is 57.2 Å². The average Bonchev–Trinajstić information content (AvgIpc) is 3.59. The Kier molecular flexibility index (Phi) is 15.1. The summed E-state index contributed by atoms with van der Waals surface area (Å²) in [5, 5.41) is 10.3. The summed E-state index contributed by atoms with van der Waals surface area (Å²) in [6.45, 7) is 0. The number of thiocarbonyl (C=S) groups is 1. The summed E-state index contributed by atoms with van der Waals surface area (Å²) >= 11 is 9.27. The number of phenols is 1. The van der Waals surface area contributed by atoms with Gasteiger partial charge in [-0.3, -0.25) is 4.98 Å². The van der Waals surface area contributed by atoms with Gasteiger partial charge < -0.3 is 71.1 Å². The van der Waals surface area contributed by atoms with Crippen molar-refractivity contribution in [3.8, 4) is 5.75 Å². The maximum atomic E-state index is 9.31. The summed E-state index contributed by atoms with van der Waals surface area (Å²) in [5.74, 6) is 0.239. The van der Waals surface area contributed by atoms with Crippen molar-refractivity contribution in [1.29, 1.82) is 0 Å². The monoisotopic (exact) mass is 544 g/mol. The van der Waals surface area contributed by atoms with E-state index in [4.69, 9.17) is 0 Å². The summed E-state index contributed by atoms with van der Waals surface area (Å²) in [7, 11) is 0. The molecule has 0 aliphatic carbocycles. The largest absolute Gasteiger partial charge is 0.999 e. The molecule has 0 saturated carbocycles. The maximum absolute atomic E-state index is 9.31. The number of fused-ring (bicyclic) bond motifs is 1. The number of rotatable bonds is 2. The van der Waals surface area contributed by atoms with Crippen LogP contribution >= 0.6 is 12.2 Å². The van der Waals surface area contributed by atoms with Crippen molar-refractivity contribution in [3.05, 3.63) is 128 Å². The van der Waals surface area contributed by atoms with Crippen molar-refractivity contribution in [2.75, 3.05) is 5.43 Å². The van der Waals surface area contributed by atoms with E-state index in [2.05, 4.69) is 64.9 Å². The minimum atomic E-state index is 0. The molecular weight excluding hydrogens is 526 g/mol.